The van der Waals surface area contributed by atoms with E-state index in [1.54, 1.807) is 13.0 Å². The lowest BCUT2D eigenvalue weighted by Gasteiger charge is -1.98. The molecule has 0 N–H and O–H groups in total. The first kappa shape index (κ1) is 13.2. The van der Waals surface area contributed by atoms with E-state index < -0.39 is 5.97 Å². The maximum Gasteiger partial charge on any atom is 0.313 e. The number of carbonyl (C=O) groups is 2. The first-order chi connectivity index (χ1) is 8.22. The van der Waals surface area contributed by atoms with Gasteiger partial charge < -0.3 is 4.74 Å². The normalized spacial score (nSPS) is 10.4. The van der Waals surface area contributed by atoms with E-state index in [1.165, 1.54) is 6.08 Å². The maximum absolute atomic E-state index is 11.3. The molecule has 0 aliphatic rings. The van der Waals surface area contributed by atoms with Gasteiger partial charge in [0.25, 0.3) is 0 Å². The topological polar surface area (TPSA) is 43.4 Å². The molecule has 0 atom stereocenters. The summed E-state index contributed by atoms with van der Waals surface area (Å²) in [6, 6.07) is 9.81. The summed E-state index contributed by atoms with van der Waals surface area (Å²) in [4.78, 5) is 22.3. The highest BCUT2D eigenvalue weighted by Crippen LogP contribution is 2.00. The molecule has 3 nitrogen and oxygen atoms in total. The van der Waals surface area contributed by atoms with Crippen LogP contribution in [0.1, 0.15) is 18.9 Å². The summed E-state index contributed by atoms with van der Waals surface area (Å²) in [6.45, 7) is 2.02. The van der Waals surface area contributed by atoms with Gasteiger partial charge in [-0.3, -0.25) is 9.59 Å². The van der Waals surface area contributed by atoms with E-state index in [2.05, 4.69) is 4.74 Å². The van der Waals surface area contributed by atoms with E-state index in [-0.39, 0.29) is 12.2 Å². The number of esters is 1. The summed E-state index contributed by atoms with van der Waals surface area (Å²) in [5.41, 5.74) is 1.13. The third kappa shape index (κ3) is 5.66. The molecule has 0 aliphatic carbocycles. The quantitative estimate of drug-likeness (QED) is 0.429. The second-order valence-electron chi connectivity index (χ2n) is 3.54. The minimum atomic E-state index is -0.470. The van der Waals surface area contributed by atoms with Crippen molar-refractivity contribution < 1.29 is 14.3 Å². The molecule has 0 saturated carbocycles. The molecule has 17 heavy (non-hydrogen) atoms. The number of benzene rings is 1. The second-order valence-corrected chi connectivity index (χ2v) is 3.54. The standard InChI is InChI=1S/C14H16O3/c1-2-17-14(16)11-13(15)10-6-9-12-7-4-3-5-8-12/h3-8,10H,2,9,11H2,1H3/b10-6+. The Bertz CT molecular complexity index is 393. The molecule has 1 aromatic carbocycles. The molecule has 0 amide bonds. The van der Waals surface area contributed by atoms with Crippen LogP contribution in [0.25, 0.3) is 0 Å². The van der Waals surface area contributed by atoms with E-state index in [4.69, 9.17) is 0 Å². The van der Waals surface area contributed by atoms with Crippen molar-refractivity contribution in [3.05, 3.63) is 48.0 Å². The van der Waals surface area contributed by atoms with Crippen LogP contribution < -0.4 is 0 Å². The summed E-state index contributed by atoms with van der Waals surface area (Å²) >= 11 is 0. The number of hydrogen-bond acceptors (Lipinski definition) is 3. The van der Waals surface area contributed by atoms with Gasteiger partial charge in [-0.1, -0.05) is 36.4 Å². The van der Waals surface area contributed by atoms with Crippen molar-refractivity contribution in [3.8, 4) is 0 Å². The van der Waals surface area contributed by atoms with Crippen LogP contribution in [-0.4, -0.2) is 18.4 Å². The van der Waals surface area contributed by atoms with Crippen molar-refractivity contribution in [3.63, 3.8) is 0 Å². The largest absolute Gasteiger partial charge is 0.466 e. The van der Waals surface area contributed by atoms with Gasteiger partial charge in [0.05, 0.1) is 6.61 Å². The molecule has 1 rings (SSSR count). The molecule has 3 heteroatoms. The van der Waals surface area contributed by atoms with Crippen molar-refractivity contribution in [1.82, 2.24) is 0 Å². The number of hydrogen-bond donors (Lipinski definition) is 0. The van der Waals surface area contributed by atoms with E-state index in [0.717, 1.165) is 5.56 Å². The Hall–Kier alpha value is -1.90. The molecule has 0 aliphatic heterocycles. The van der Waals surface area contributed by atoms with Crippen molar-refractivity contribution in [2.45, 2.75) is 19.8 Å². The van der Waals surface area contributed by atoms with E-state index in [0.29, 0.717) is 13.0 Å². The highest BCUT2D eigenvalue weighted by Gasteiger charge is 2.06. The zero-order chi connectivity index (χ0) is 12.5. The molecule has 1 aromatic rings. The maximum atomic E-state index is 11.3. The van der Waals surface area contributed by atoms with Gasteiger partial charge in [0.2, 0.25) is 0 Å². The molecule has 0 bridgehead atoms. The Morgan fingerprint density at radius 1 is 1.24 bits per heavy atom. The minimum Gasteiger partial charge on any atom is -0.466 e. The highest BCUT2D eigenvalue weighted by atomic mass is 16.5. The first-order valence-corrected chi connectivity index (χ1v) is 5.61. The van der Waals surface area contributed by atoms with E-state index >= 15 is 0 Å². The van der Waals surface area contributed by atoms with Crippen LogP contribution in [0.5, 0.6) is 0 Å². The van der Waals surface area contributed by atoms with Crippen molar-refractivity contribution in [2.75, 3.05) is 6.61 Å². The predicted molar refractivity (Wildman–Crippen MR) is 65.5 cm³/mol. The zero-order valence-electron chi connectivity index (χ0n) is 9.89. The average Bonchev–Trinajstić information content (AvgIpc) is 2.30. The number of allylic oxidation sites excluding steroid dienone is 2. The number of rotatable bonds is 6. The van der Waals surface area contributed by atoms with Gasteiger partial charge in [-0.25, -0.2) is 0 Å². The van der Waals surface area contributed by atoms with Gasteiger partial charge >= 0.3 is 5.97 Å². The van der Waals surface area contributed by atoms with E-state index in [9.17, 15) is 9.59 Å². The number of ketones is 1. The number of carbonyl (C=O) groups excluding carboxylic acids is 2. The summed E-state index contributed by atoms with van der Waals surface area (Å²) in [5, 5.41) is 0. The first-order valence-electron chi connectivity index (χ1n) is 5.61. The molecule has 0 spiro atoms. The molecule has 90 valence electrons. The zero-order valence-corrected chi connectivity index (χ0v) is 9.89. The lowest BCUT2D eigenvalue weighted by molar-refractivity contribution is -0.144. The summed E-state index contributed by atoms with van der Waals surface area (Å²) < 4.78 is 4.68. The van der Waals surface area contributed by atoms with Crippen LogP contribution in [0.15, 0.2) is 42.5 Å². The molecular formula is C14H16O3. The summed E-state index contributed by atoms with van der Waals surface area (Å²) in [7, 11) is 0. The monoisotopic (exact) mass is 232 g/mol. The third-order valence-corrected chi connectivity index (χ3v) is 2.12. The molecule has 0 radical (unpaired) electrons. The van der Waals surface area contributed by atoms with Gasteiger partial charge in [0.1, 0.15) is 6.42 Å². The van der Waals surface area contributed by atoms with Gasteiger partial charge in [-0.2, -0.15) is 0 Å². The van der Waals surface area contributed by atoms with Crippen molar-refractivity contribution in [1.29, 1.82) is 0 Å². The molecule has 0 aromatic heterocycles. The van der Waals surface area contributed by atoms with Crippen LogP contribution in [0, 0.1) is 0 Å². The average molecular weight is 232 g/mol. The van der Waals surface area contributed by atoms with Crippen LogP contribution >= 0.6 is 0 Å². The van der Waals surface area contributed by atoms with Crippen LogP contribution in [0.2, 0.25) is 0 Å². The summed E-state index contributed by atoms with van der Waals surface area (Å²) in [5.74, 6) is -0.693. The van der Waals surface area contributed by atoms with Gasteiger partial charge in [-0.15, -0.1) is 0 Å². The lowest BCUT2D eigenvalue weighted by atomic mass is 10.1. The Kier molecular flexibility index (Phi) is 5.72. The Morgan fingerprint density at radius 3 is 2.59 bits per heavy atom. The molecular weight excluding hydrogens is 216 g/mol. The Labute approximate surface area is 101 Å². The molecule has 0 saturated heterocycles. The van der Waals surface area contributed by atoms with Crippen LogP contribution in [0.3, 0.4) is 0 Å². The Morgan fingerprint density at radius 2 is 1.94 bits per heavy atom. The molecule has 0 fully saturated rings. The van der Waals surface area contributed by atoms with Gasteiger partial charge in [-0.05, 0) is 25.0 Å². The van der Waals surface area contributed by atoms with Gasteiger partial charge in [0, 0.05) is 0 Å². The predicted octanol–water partition coefficient (Wildman–Crippen LogP) is 2.31. The highest BCUT2D eigenvalue weighted by molar-refractivity contribution is 6.01. The van der Waals surface area contributed by atoms with Crippen molar-refractivity contribution in [2.24, 2.45) is 0 Å². The minimum absolute atomic E-state index is 0.181. The SMILES string of the molecule is CCOC(=O)CC(=O)/C=C/Cc1ccccc1. The third-order valence-electron chi connectivity index (χ3n) is 2.12. The fourth-order valence-corrected chi connectivity index (χ4v) is 1.35. The molecule has 0 heterocycles. The van der Waals surface area contributed by atoms with E-state index in [1.807, 2.05) is 30.3 Å². The second kappa shape index (κ2) is 7.39. The fraction of sp³-hybridized carbons (Fsp3) is 0.286. The van der Waals surface area contributed by atoms with Crippen LogP contribution in [-0.2, 0) is 20.7 Å². The lowest BCUT2D eigenvalue weighted by Crippen LogP contribution is -2.09. The van der Waals surface area contributed by atoms with Crippen LogP contribution in [0.4, 0.5) is 0 Å². The fourth-order valence-electron chi connectivity index (χ4n) is 1.35. The number of ether oxygens (including phenoxy) is 1. The smallest absolute Gasteiger partial charge is 0.313 e. The molecule has 0 unspecified atom stereocenters. The van der Waals surface area contributed by atoms with Crippen molar-refractivity contribution >= 4 is 11.8 Å². The van der Waals surface area contributed by atoms with Gasteiger partial charge in [0.15, 0.2) is 5.78 Å². The summed E-state index contributed by atoms with van der Waals surface area (Å²) in [6.07, 6.45) is 3.70. The Balaban J connectivity index is 2.34.